The molecule has 0 spiro atoms. The number of rotatable bonds is 0. The van der Waals surface area contributed by atoms with Crippen LogP contribution in [0.15, 0.2) is 0 Å². The zero-order valence-corrected chi connectivity index (χ0v) is 6.56. The van der Waals surface area contributed by atoms with Gasteiger partial charge in [-0.1, -0.05) is 6.92 Å². The highest BCUT2D eigenvalue weighted by Crippen LogP contribution is 2.29. The van der Waals surface area contributed by atoms with Crippen LogP contribution in [0, 0.1) is 5.92 Å². The molecule has 1 fully saturated rings. The summed E-state index contributed by atoms with van der Waals surface area (Å²) in [5.41, 5.74) is 0. The van der Waals surface area contributed by atoms with Crippen molar-refractivity contribution in [2.45, 2.75) is 25.7 Å². The molecule has 0 amide bonds. The van der Waals surface area contributed by atoms with E-state index >= 15 is 0 Å². The van der Waals surface area contributed by atoms with Crippen molar-refractivity contribution in [3.63, 3.8) is 0 Å². The van der Waals surface area contributed by atoms with Crippen LogP contribution < -0.4 is 0 Å². The number of ketones is 2. The van der Waals surface area contributed by atoms with Gasteiger partial charge in [0, 0.05) is 12.8 Å². The molecule has 0 heterocycles. The standard InChI is InChI=1S/C7H8F2O2.H2O/c1-4-2-5(10)7(8,9)6(11)3-4;/h4H,2-3H2,1H3;1H2. The third-order valence-corrected chi connectivity index (χ3v) is 1.77. The fraction of sp³-hybridized carbons (Fsp3) is 0.714. The summed E-state index contributed by atoms with van der Waals surface area (Å²) in [6.45, 7) is 1.62. The van der Waals surface area contributed by atoms with Gasteiger partial charge in [0.25, 0.3) is 0 Å². The number of alkyl halides is 2. The number of carbonyl (C=O) groups is 2. The molecule has 1 rings (SSSR count). The third-order valence-electron chi connectivity index (χ3n) is 1.77. The first-order chi connectivity index (χ1) is 4.94. The van der Waals surface area contributed by atoms with E-state index in [1.54, 1.807) is 6.92 Å². The second kappa shape index (κ2) is 3.26. The Hall–Kier alpha value is -0.840. The van der Waals surface area contributed by atoms with Gasteiger partial charge in [-0.2, -0.15) is 8.78 Å². The number of carbonyl (C=O) groups excluding carboxylic acids is 2. The van der Waals surface area contributed by atoms with Crippen LogP contribution in [0.25, 0.3) is 0 Å². The monoisotopic (exact) mass is 180 g/mol. The lowest BCUT2D eigenvalue weighted by atomic mass is 9.86. The van der Waals surface area contributed by atoms with Gasteiger partial charge in [0.2, 0.25) is 11.6 Å². The maximum absolute atomic E-state index is 12.5. The molecule has 1 aliphatic rings. The van der Waals surface area contributed by atoms with Crippen molar-refractivity contribution < 1.29 is 23.8 Å². The number of hydrogen-bond donors (Lipinski definition) is 0. The Morgan fingerprint density at radius 2 is 1.58 bits per heavy atom. The molecule has 1 saturated carbocycles. The summed E-state index contributed by atoms with van der Waals surface area (Å²) in [4.78, 5) is 21.1. The highest BCUT2D eigenvalue weighted by atomic mass is 19.3. The third kappa shape index (κ3) is 1.66. The molecule has 0 atom stereocenters. The summed E-state index contributed by atoms with van der Waals surface area (Å²) < 4.78 is 24.9. The van der Waals surface area contributed by atoms with Crippen LogP contribution in [-0.2, 0) is 9.59 Å². The van der Waals surface area contributed by atoms with E-state index < -0.39 is 17.5 Å². The Balaban J connectivity index is 0.00000121. The van der Waals surface area contributed by atoms with Gasteiger partial charge < -0.3 is 5.48 Å². The molecule has 0 aromatic carbocycles. The van der Waals surface area contributed by atoms with Crippen LogP contribution in [0.1, 0.15) is 19.8 Å². The summed E-state index contributed by atoms with van der Waals surface area (Å²) in [6.07, 6.45) is -0.364. The number of halogens is 2. The highest BCUT2D eigenvalue weighted by molar-refractivity contribution is 6.10. The molecule has 0 unspecified atom stereocenters. The SMILES string of the molecule is CC1CC(=O)C(F)(F)C(=O)C1.O. The first kappa shape index (κ1) is 11.2. The van der Waals surface area contributed by atoms with Gasteiger partial charge >= 0.3 is 5.92 Å². The fourth-order valence-electron chi connectivity index (χ4n) is 1.12. The van der Waals surface area contributed by atoms with Crippen molar-refractivity contribution in [3.8, 4) is 0 Å². The van der Waals surface area contributed by atoms with E-state index in [1.807, 2.05) is 0 Å². The molecule has 12 heavy (non-hydrogen) atoms. The summed E-state index contributed by atoms with van der Waals surface area (Å²) in [5, 5.41) is 0. The zero-order valence-electron chi connectivity index (χ0n) is 6.56. The van der Waals surface area contributed by atoms with E-state index in [9.17, 15) is 18.4 Å². The van der Waals surface area contributed by atoms with Crippen LogP contribution in [0.2, 0.25) is 0 Å². The Bertz CT molecular complexity index is 193. The Kier molecular flexibility index (Phi) is 3.04. The van der Waals surface area contributed by atoms with Crippen molar-refractivity contribution in [2.75, 3.05) is 0 Å². The Morgan fingerprint density at radius 3 is 1.92 bits per heavy atom. The zero-order chi connectivity index (χ0) is 8.65. The smallest absolute Gasteiger partial charge is 0.362 e. The largest absolute Gasteiger partial charge is 0.412 e. The molecule has 1 aliphatic carbocycles. The van der Waals surface area contributed by atoms with E-state index in [0.717, 1.165) is 0 Å². The van der Waals surface area contributed by atoms with E-state index in [0.29, 0.717) is 0 Å². The molecule has 0 aromatic rings. The number of hydrogen-bond acceptors (Lipinski definition) is 2. The van der Waals surface area contributed by atoms with E-state index in [4.69, 9.17) is 0 Å². The average molecular weight is 180 g/mol. The van der Waals surface area contributed by atoms with E-state index in [-0.39, 0.29) is 24.2 Å². The fourth-order valence-corrected chi connectivity index (χ4v) is 1.12. The summed E-state index contributed by atoms with van der Waals surface area (Å²) in [7, 11) is 0. The van der Waals surface area contributed by atoms with Gasteiger partial charge in [-0.05, 0) is 5.92 Å². The maximum Gasteiger partial charge on any atom is 0.362 e. The van der Waals surface area contributed by atoms with Crippen LogP contribution in [-0.4, -0.2) is 23.0 Å². The minimum atomic E-state index is -3.70. The summed E-state index contributed by atoms with van der Waals surface area (Å²) >= 11 is 0. The predicted octanol–water partition coefficient (Wildman–Crippen LogP) is 0.365. The molecule has 0 aliphatic heterocycles. The van der Waals surface area contributed by atoms with Gasteiger partial charge in [-0.15, -0.1) is 0 Å². The van der Waals surface area contributed by atoms with Crippen molar-refractivity contribution in [2.24, 2.45) is 5.92 Å². The van der Waals surface area contributed by atoms with Gasteiger partial charge in [0.1, 0.15) is 0 Å². The summed E-state index contributed by atoms with van der Waals surface area (Å²) in [6, 6.07) is 0. The second-order valence-corrected chi connectivity index (χ2v) is 2.93. The highest BCUT2D eigenvalue weighted by Gasteiger charge is 2.49. The van der Waals surface area contributed by atoms with Crippen molar-refractivity contribution >= 4 is 11.6 Å². The van der Waals surface area contributed by atoms with Crippen molar-refractivity contribution in [1.82, 2.24) is 0 Å². The molecular weight excluding hydrogens is 170 g/mol. The maximum atomic E-state index is 12.5. The van der Waals surface area contributed by atoms with Crippen molar-refractivity contribution in [1.29, 1.82) is 0 Å². The van der Waals surface area contributed by atoms with Crippen molar-refractivity contribution in [3.05, 3.63) is 0 Å². The second-order valence-electron chi connectivity index (χ2n) is 2.93. The average Bonchev–Trinajstić information content (AvgIpc) is 1.84. The number of Topliss-reactive ketones (excluding diaryl/α,β-unsaturated/α-hetero) is 2. The van der Waals surface area contributed by atoms with Crippen LogP contribution >= 0.6 is 0 Å². The normalized spacial score (nSPS) is 23.6. The lowest BCUT2D eigenvalue weighted by molar-refractivity contribution is -0.161. The lowest BCUT2D eigenvalue weighted by Crippen LogP contribution is -2.43. The van der Waals surface area contributed by atoms with E-state index in [1.165, 1.54) is 0 Å². The minimum absolute atomic E-state index is 0. The first-order valence-electron chi connectivity index (χ1n) is 3.39. The Morgan fingerprint density at radius 1 is 1.25 bits per heavy atom. The van der Waals surface area contributed by atoms with E-state index in [2.05, 4.69) is 0 Å². The molecule has 0 radical (unpaired) electrons. The lowest BCUT2D eigenvalue weighted by Gasteiger charge is -2.22. The molecule has 70 valence electrons. The summed E-state index contributed by atoms with van der Waals surface area (Å²) in [5.74, 6) is -6.40. The molecule has 2 N–H and O–H groups in total. The van der Waals surface area contributed by atoms with Crippen LogP contribution in [0.5, 0.6) is 0 Å². The molecule has 5 heteroatoms. The first-order valence-corrected chi connectivity index (χ1v) is 3.39. The molecule has 0 saturated heterocycles. The van der Waals surface area contributed by atoms with Gasteiger partial charge in [-0.25, -0.2) is 0 Å². The predicted molar refractivity (Wildman–Crippen MR) is 37.0 cm³/mol. The minimum Gasteiger partial charge on any atom is -0.412 e. The van der Waals surface area contributed by atoms with Gasteiger partial charge in [-0.3, -0.25) is 9.59 Å². The molecule has 0 aromatic heterocycles. The molecular formula is C7H10F2O3. The van der Waals surface area contributed by atoms with Gasteiger partial charge in [0.15, 0.2) is 0 Å². The van der Waals surface area contributed by atoms with Gasteiger partial charge in [0.05, 0.1) is 0 Å². The topological polar surface area (TPSA) is 65.6 Å². The quantitative estimate of drug-likeness (QED) is 0.505. The van der Waals surface area contributed by atoms with Crippen LogP contribution in [0.3, 0.4) is 0 Å². The van der Waals surface area contributed by atoms with Crippen LogP contribution in [0.4, 0.5) is 8.78 Å². The molecule has 3 nitrogen and oxygen atoms in total. The Labute approximate surface area is 68.1 Å². The molecule has 0 bridgehead atoms.